The van der Waals surface area contributed by atoms with Crippen molar-refractivity contribution in [2.45, 2.75) is 32.7 Å². The number of carbonyl (C=O) groups is 1. The van der Waals surface area contributed by atoms with Crippen molar-refractivity contribution in [3.63, 3.8) is 0 Å². The summed E-state index contributed by atoms with van der Waals surface area (Å²) in [6.45, 7) is 4.18. The Morgan fingerprint density at radius 1 is 0.960 bits per heavy atom. The minimum atomic E-state index is -0.380. The Morgan fingerprint density at radius 2 is 1.60 bits per heavy atom. The molecular weight excluding hydrogens is 314 g/mol. The fourth-order valence-corrected chi connectivity index (χ4v) is 3.93. The van der Waals surface area contributed by atoms with Crippen LogP contribution in [0.3, 0.4) is 0 Å². The molecule has 2 aromatic carbocycles. The van der Waals surface area contributed by atoms with Crippen molar-refractivity contribution in [2.75, 3.05) is 19.1 Å². The molecule has 1 aliphatic rings. The van der Waals surface area contributed by atoms with E-state index in [1.165, 1.54) is 0 Å². The van der Waals surface area contributed by atoms with E-state index in [-0.39, 0.29) is 17.4 Å². The normalized spacial score (nSPS) is 18.6. The second-order valence-electron chi connectivity index (χ2n) is 6.38. The van der Waals surface area contributed by atoms with Crippen LogP contribution < -0.4 is 14.4 Å². The molecule has 0 bridgehead atoms. The van der Waals surface area contributed by atoms with Crippen molar-refractivity contribution in [1.82, 2.24) is 0 Å². The number of amides is 1. The average Bonchev–Trinajstić information content (AvgIpc) is 2.67. The summed E-state index contributed by atoms with van der Waals surface area (Å²) in [5.41, 5.74) is 1.57. The van der Waals surface area contributed by atoms with E-state index < -0.39 is 0 Å². The summed E-state index contributed by atoms with van der Waals surface area (Å²) in [6, 6.07) is 15.6. The number of β-lactam (4-membered cyclic amide) rings is 1. The summed E-state index contributed by atoms with van der Waals surface area (Å²) in [7, 11) is 3.32. The molecule has 0 radical (unpaired) electrons. The maximum absolute atomic E-state index is 13.1. The van der Waals surface area contributed by atoms with Gasteiger partial charge in [-0.15, -0.1) is 0 Å². The first-order valence-corrected chi connectivity index (χ1v) is 8.73. The number of anilines is 1. The summed E-state index contributed by atoms with van der Waals surface area (Å²) in [4.78, 5) is 15.0. The van der Waals surface area contributed by atoms with Crippen molar-refractivity contribution >= 4 is 11.6 Å². The Balaban J connectivity index is 2.09. The molecule has 0 aromatic heterocycles. The van der Waals surface area contributed by atoms with Crippen molar-refractivity contribution in [3.8, 4) is 11.5 Å². The van der Waals surface area contributed by atoms with E-state index in [0.717, 1.165) is 35.6 Å². The first kappa shape index (κ1) is 17.3. The third-order valence-corrected chi connectivity index (χ3v) is 5.47. The van der Waals surface area contributed by atoms with E-state index in [1.807, 2.05) is 47.4 Å². The van der Waals surface area contributed by atoms with Crippen LogP contribution in [0.25, 0.3) is 0 Å². The van der Waals surface area contributed by atoms with Crippen LogP contribution in [0.5, 0.6) is 11.5 Å². The number of nitrogens with zero attached hydrogens (tertiary/aromatic N) is 1. The lowest BCUT2D eigenvalue weighted by atomic mass is 9.64. The van der Waals surface area contributed by atoms with Gasteiger partial charge >= 0.3 is 0 Å². The van der Waals surface area contributed by atoms with Crippen LogP contribution in [0, 0.1) is 5.41 Å². The largest absolute Gasteiger partial charge is 0.497 e. The molecule has 4 nitrogen and oxygen atoms in total. The summed E-state index contributed by atoms with van der Waals surface area (Å²) < 4.78 is 10.8. The zero-order chi connectivity index (χ0) is 18.0. The summed E-state index contributed by atoms with van der Waals surface area (Å²) in [5.74, 6) is 1.78. The SMILES string of the molecule is CCC1(CC)C(=O)N(c2ccc(OC)cc2)C1c1ccccc1OC. The van der Waals surface area contributed by atoms with Crippen molar-refractivity contribution < 1.29 is 14.3 Å². The van der Waals surface area contributed by atoms with Crippen LogP contribution in [0.4, 0.5) is 5.69 Å². The van der Waals surface area contributed by atoms with Gasteiger partial charge in [0.15, 0.2) is 0 Å². The molecule has 1 fully saturated rings. The van der Waals surface area contributed by atoms with Crippen LogP contribution in [-0.4, -0.2) is 20.1 Å². The van der Waals surface area contributed by atoms with Gasteiger partial charge in [-0.2, -0.15) is 0 Å². The molecule has 2 aromatic rings. The minimum absolute atomic E-state index is 0.0282. The van der Waals surface area contributed by atoms with Gasteiger partial charge in [-0.05, 0) is 43.2 Å². The Hall–Kier alpha value is -2.49. The smallest absolute Gasteiger partial charge is 0.236 e. The Morgan fingerprint density at radius 3 is 2.16 bits per heavy atom. The number of carbonyl (C=O) groups excluding carboxylic acids is 1. The van der Waals surface area contributed by atoms with Gasteiger partial charge in [0, 0.05) is 11.3 Å². The topological polar surface area (TPSA) is 38.8 Å². The molecule has 1 aliphatic heterocycles. The lowest BCUT2D eigenvalue weighted by Gasteiger charge is -2.56. The lowest BCUT2D eigenvalue weighted by Crippen LogP contribution is -2.63. The van der Waals surface area contributed by atoms with Crippen LogP contribution in [0.1, 0.15) is 38.3 Å². The fourth-order valence-electron chi connectivity index (χ4n) is 3.93. The molecule has 4 heteroatoms. The summed E-state index contributed by atoms with van der Waals surface area (Å²) >= 11 is 0. The highest BCUT2D eigenvalue weighted by atomic mass is 16.5. The van der Waals surface area contributed by atoms with E-state index in [9.17, 15) is 4.79 Å². The zero-order valence-electron chi connectivity index (χ0n) is 15.3. The van der Waals surface area contributed by atoms with Gasteiger partial charge in [-0.3, -0.25) is 4.79 Å². The quantitative estimate of drug-likeness (QED) is 0.722. The zero-order valence-corrected chi connectivity index (χ0v) is 15.3. The highest BCUT2D eigenvalue weighted by Crippen LogP contribution is 2.57. The molecule has 1 unspecified atom stereocenters. The van der Waals surface area contributed by atoms with Gasteiger partial charge < -0.3 is 14.4 Å². The minimum Gasteiger partial charge on any atom is -0.497 e. The second kappa shape index (κ2) is 6.79. The lowest BCUT2D eigenvalue weighted by molar-refractivity contribution is -0.141. The Labute approximate surface area is 149 Å². The highest BCUT2D eigenvalue weighted by Gasteiger charge is 2.59. The van der Waals surface area contributed by atoms with Gasteiger partial charge in [0.25, 0.3) is 0 Å². The van der Waals surface area contributed by atoms with Gasteiger partial charge in [0.05, 0.1) is 25.7 Å². The number of para-hydroxylation sites is 1. The van der Waals surface area contributed by atoms with E-state index in [0.29, 0.717) is 0 Å². The first-order valence-electron chi connectivity index (χ1n) is 8.73. The molecule has 1 heterocycles. The average molecular weight is 339 g/mol. The number of methoxy groups -OCH3 is 2. The van der Waals surface area contributed by atoms with Gasteiger partial charge in [0.2, 0.25) is 5.91 Å². The number of rotatable bonds is 6. The molecule has 25 heavy (non-hydrogen) atoms. The predicted molar refractivity (Wildman–Crippen MR) is 99.2 cm³/mol. The molecule has 3 rings (SSSR count). The standard InChI is InChI=1S/C21H25NO3/c1-5-21(6-2)19(17-9-7-8-10-18(17)25-4)22(20(21)23)15-11-13-16(24-3)14-12-15/h7-14,19H,5-6H2,1-4H3. The van der Waals surface area contributed by atoms with E-state index in [4.69, 9.17) is 9.47 Å². The molecular formula is C21H25NO3. The number of benzene rings is 2. The van der Waals surface area contributed by atoms with Crippen LogP contribution in [0.15, 0.2) is 48.5 Å². The van der Waals surface area contributed by atoms with E-state index in [2.05, 4.69) is 19.9 Å². The summed E-state index contributed by atoms with van der Waals surface area (Å²) in [5, 5.41) is 0. The molecule has 0 aliphatic carbocycles. The molecule has 1 amide bonds. The van der Waals surface area contributed by atoms with Crippen LogP contribution >= 0.6 is 0 Å². The monoisotopic (exact) mass is 339 g/mol. The van der Waals surface area contributed by atoms with Crippen molar-refractivity contribution in [3.05, 3.63) is 54.1 Å². The molecule has 1 saturated heterocycles. The van der Waals surface area contributed by atoms with Crippen LogP contribution in [-0.2, 0) is 4.79 Å². The Bertz CT molecular complexity index is 750. The molecule has 0 spiro atoms. The van der Waals surface area contributed by atoms with Crippen LogP contribution in [0.2, 0.25) is 0 Å². The first-order chi connectivity index (χ1) is 12.1. The molecule has 0 N–H and O–H groups in total. The predicted octanol–water partition coefficient (Wildman–Crippen LogP) is 4.60. The van der Waals surface area contributed by atoms with Gasteiger partial charge in [0.1, 0.15) is 11.5 Å². The van der Waals surface area contributed by atoms with Gasteiger partial charge in [-0.25, -0.2) is 0 Å². The third-order valence-electron chi connectivity index (χ3n) is 5.47. The fraction of sp³-hybridized carbons (Fsp3) is 0.381. The molecule has 0 saturated carbocycles. The summed E-state index contributed by atoms with van der Waals surface area (Å²) in [6.07, 6.45) is 1.61. The van der Waals surface area contributed by atoms with Crippen molar-refractivity contribution in [2.24, 2.45) is 5.41 Å². The third kappa shape index (κ3) is 2.56. The highest BCUT2D eigenvalue weighted by molar-refractivity contribution is 6.06. The molecule has 1 atom stereocenters. The van der Waals surface area contributed by atoms with Crippen molar-refractivity contribution in [1.29, 1.82) is 0 Å². The maximum Gasteiger partial charge on any atom is 0.236 e. The second-order valence-corrected chi connectivity index (χ2v) is 6.38. The van der Waals surface area contributed by atoms with E-state index >= 15 is 0 Å². The molecule has 132 valence electrons. The number of hydrogen-bond acceptors (Lipinski definition) is 3. The Kier molecular flexibility index (Phi) is 4.71. The number of ether oxygens (including phenoxy) is 2. The van der Waals surface area contributed by atoms with E-state index in [1.54, 1.807) is 14.2 Å². The number of hydrogen-bond donors (Lipinski definition) is 0. The maximum atomic E-state index is 13.1. The van der Waals surface area contributed by atoms with Gasteiger partial charge in [-0.1, -0.05) is 32.0 Å².